The van der Waals surface area contributed by atoms with Crippen LogP contribution in [0, 0.1) is 10.2 Å². The number of halogens is 3. The Kier molecular flexibility index (Phi) is 11.3. The van der Waals surface area contributed by atoms with Crippen LogP contribution < -0.4 is 45.2 Å². The van der Waals surface area contributed by atoms with E-state index in [1.165, 1.54) is 0 Å². The maximum atomic E-state index is 13.1. The van der Waals surface area contributed by atoms with Crippen molar-refractivity contribution in [1.29, 1.82) is 0 Å². The van der Waals surface area contributed by atoms with Crippen molar-refractivity contribution in [3.8, 4) is 0 Å². The molecule has 202 valence electrons. The van der Waals surface area contributed by atoms with E-state index < -0.39 is 17.5 Å². The molecule has 2 N–H and O–H groups in total. The number of amides is 2. The molecular weight excluding hydrogens is 582 g/mol. The molecule has 0 spiro atoms. The van der Waals surface area contributed by atoms with E-state index in [-0.39, 0.29) is 10.5 Å². The monoisotopic (exact) mass is 604 g/mol. The number of benzene rings is 4. The minimum atomic E-state index is -4.94. The lowest BCUT2D eigenvalue weighted by molar-refractivity contribution is -2.00. The Hall–Kier alpha value is -2.97. The normalized spacial score (nSPS) is 11.0. The maximum Gasteiger partial charge on any atom is 0.322 e. The average Bonchev–Trinajstić information content (AvgIpc) is 2.93. The zero-order valence-electron chi connectivity index (χ0n) is 20.4. The van der Waals surface area contributed by atoms with Crippen molar-refractivity contribution >= 4 is 52.4 Å². The number of carbonyl (C=O) groups is 1. The minimum Gasteiger partial charge on any atom is -0.334 e. The molecule has 0 bridgehead atoms. The van der Waals surface area contributed by atoms with Crippen molar-refractivity contribution in [2.24, 2.45) is 0 Å². The van der Waals surface area contributed by atoms with Gasteiger partial charge in [-0.25, -0.2) is 23.4 Å². The van der Waals surface area contributed by atoms with E-state index >= 15 is 0 Å². The van der Waals surface area contributed by atoms with Crippen LogP contribution in [0.3, 0.4) is 0 Å². The molecule has 0 fully saturated rings. The molecule has 7 nitrogen and oxygen atoms in total. The second-order valence-electron chi connectivity index (χ2n) is 7.96. The highest BCUT2D eigenvalue weighted by atomic mass is 35.7. The third kappa shape index (κ3) is 8.77. The van der Waals surface area contributed by atoms with Gasteiger partial charge in [-0.2, -0.15) is 0 Å². The summed E-state index contributed by atoms with van der Waals surface area (Å²) < 4.78 is 34.0. The molecule has 11 heteroatoms. The van der Waals surface area contributed by atoms with Crippen LogP contribution in [0.15, 0.2) is 131 Å². The molecule has 4 rings (SSSR count). The van der Waals surface area contributed by atoms with Crippen LogP contribution in [-0.4, -0.2) is 6.03 Å². The second-order valence-corrected chi connectivity index (χ2v) is 13.0. The molecule has 0 saturated carbocycles. The highest BCUT2D eigenvalue weighted by Gasteiger charge is 2.52. The smallest absolute Gasteiger partial charge is 0.322 e. The molecule has 0 aliphatic rings. The highest BCUT2D eigenvalue weighted by molar-refractivity contribution is 7.99. The van der Waals surface area contributed by atoms with Gasteiger partial charge >= 0.3 is 6.03 Å². The predicted molar refractivity (Wildman–Crippen MR) is 146 cm³/mol. The molecule has 4 aromatic carbocycles. The van der Waals surface area contributed by atoms with Gasteiger partial charge in [0, 0.05) is 6.54 Å². The molecule has 39 heavy (non-hydrogen) atoms. The van der Waals surface area contributed by atoms with Crippen molar-refractivity contribution in [2.75, 3.05) is 0 Å². The van der Waals surface area contributed by atoms with Crippen LogP contribution in [0.25, 0.3) is 0 Å². The third-order valence-corrected chi connectivity index (χ3v) is 10.3. The number of hydrogen-bond donors (Lipinski definition) is 2. The standard InChI is InChI=1S/C28H23Cl2N2OP.ClHO4/c29-26(30)27(32-28(33)31-21-22-13-5-1-6-14-22)34(23-15-7-2-8-16-23,24-17-9-3-10-18-24)25-19-11-4-12-20-25;2-1(3,4)5/h1-20H,21H2,(H-,31,32,33);(H,2,3,4,5). The van der Waals surface area contributed by atoms with Gasteiger partial charge in [-0.1, -0.05) is 108 Å². The molecule has 0 unspecified atom stereocenters. The SMILES string of the molecule is O=C(NCc1ccccc1)NC(=C(Cl)Cl)[P+](c1ccccc1)(c1ccccc1)c1ccccc1.[O-][Cl+3]([O-])([O-])[O-]. The van der Waals surface area contributed by atoms with Crippen LogP contribution in [0.4, 0.5) is 4.79 Å². The summed E-state index contributed by atoms with van der Waals surface area (Å²) in [5.41, 5.74) is 1.49. The summed E-state index contributed by atoms with van der Waals surface area (Å²) in [6, 6.07) is 39.6. The molecule has 2 amide bonds. The van der Waals surface area contributed by atoms with Crippen molar-refractivity contribution in [1.82, 2.24) is 10.6 Å². The van der Waals surface area contributed by atoms with E-state index in [2.05, 4.69) is 47.0 Å². The summed E-state index contributed by atoms with van der Waals surface area (Å²) in [5.74, 6) is 0. The Balaban J connectivity index is 0.000000771. The Morgan fingerprint density at radius 3 is 1.31 bits per heavy atom. The number of rotatable bonds is 7. The van der Waals surface area contributed by atoms with Crippen molar-refractivity contribution in [2.45, 2.75) is 6.54 Å². The Morgan fingerprint density at radius 2 is 0.974 bits per heavy atom. The number of hydrogen-bond acceptors (Lipinski definition) is 5. The van der Waals surface area contributed by atoms with Gasteiger partial charge in [-0.05, 0) is 42.0 Å². The van der Waals surface area contributed by atoms with Gasteiger partial charge < -0.3 is 5.32 Å². The lowest BCUT2D eigenvalue weighted by atomic mass is 10.2. The van der Waals surface area contributed by atoms with Crippen molar-refractivity contribution in [3.63, 3.8) is 0 Å². The van der Waals surface area contributed by atoms with E-state index in [0.29, 0.717) is 12.0 Å². The average molecular weight is 606 g/mol. The number of urea groups is 1. The highest BCUT2D eigenvalue weighted by Crippen LogP contribution is 2.62. The van der Waals surface area contributed by atoms with Crippen LogP contribution in [0.5, 0.6) is 0 Å². The lowest BCUT2D eigenvalue weighted by Gasteiger charge is -2.29. The molecule has 4 aromatic rings. The Bertz CT molecular complexity index is 1250. The van der Waals surface area contributed by atoms with E-state index in [4.69, 9.17) is 41.8 Å². The molecule has 0 aromatic heterocycles. The van der Waals surface area contributed by atoms with Gasteiger partial charge in [0.15, 0.2) is 11.8 Å². The quantitative estimate of drug-likeness (QED) is 0.307. The minimum absolute atomic E-state index is 0.0275. The summed E-state index contributed by atoms with van der Waals surface area (Å²) >= 11 is 13.1. The fourth-order valence-corrected chi connectivity index (χ4v) is 8.88. The summed E-state index contributed by atoms with van der Waals surface area (Å²) in [4.78, 5) is 13.1. The van der Waals surface area contributed by atoms with Gasteiger partial charge in [0.1, 0.15) is 15.9 Å². The first-order chi connectivity index (χ1) is 18.6. The predicted octanol–water partition coefficient (Wildman–Crippen LogP) is 1.33. The first-order valence-electron chi connectivity index (χ1n) is 11.4. The summed E-state index contributed by atoms with van der Waals surface area (Å²) in [6.07, 6.45) is 0. The Labute approximate surface area is 239 Å². The van der Waals surface area contributed by atoms with E-state index in [9.17, 15) is 4.79 Å². The Morgan fingerprint density at radius 1 is 0.641 bits per heavy atom. The lowest BCUT2D eigenvalue weighted by Crippen LogP contribution is -2.68. The van der Waals surface area contributed by atoms with Crippen LogP contribution >= 0.6 is 30.5 Å². The molecule has 0 atom stereocenters. The number of nitrogens with one attached hydrogen (secondary N) is 2. The fraction of sp³-hybridized carbons (Fsp3) is 0.0357. The molecule has 0 saturated heterocycles. The number of carbonyl (C=O) groups excluding carboxylic acids is 1. The molecule has 0 aliphatic carbocycles. The third-order valence-electron chi connectivity index (χ3n) is 5.47. The zero-order valence-corrected chi connectivity index (χ0v) is 23.5. The van der Waals surface area contributed by atoms with Gasteiger partial charge in [-0.15, -0.1) is 10.2 Å². The molecule has 0 radical (unpaired) electrons. The largest absolute Gasteiger partial charge is 0.334 e. The van der Waals surface area contributed by atoms with Crippen LogP contribution in [0.2, 0.25) is 0 Å². The maximum absolute atomic E-state index is 13.1. The second kappa shape index (κ2) is 14.4. The van der Waals surface area contributed by atoms with Crippen LogP contribution in [-0.2, 0) is 6.54 Å². The fourth-order valence-electron chi connectivity index (χ4n) is 3.98. The van der Waals surface area contributed by atoms with E-state index in [0.717, 1.165) is 21.5 Å². The first-order valence-corrected chi connectivity index (χ1v) is 15.2. The summed E-state index contributed by atoms with van der Waals surface area (Å²) in [6.45, 7) is 0.382. The topological polar surface area (TPSA) is 133 Å². The van der Waals surface area contributed by atoms with E-state index in [1.54, 1.807) is 0 Å². The van der Waals surface area contributed by atoms with E-state index in [1.807, 2.05) is 84.9 Å². The van der Waals surface area contributed by atoms with Crippen LogP contribution in [0.1, 0.15) is 5.56 Å². The zero-order chi connectivity index (χ0) is 28.3. The molecule has 0 heterocycles. The van der Waals surface area contributed by atoms with Gasteiger partial charge in [0.25, 0.3) is 0 Å². The molecule has 0 aliphatic heterocycles. The molecular formula is C28H24Cl3N2O5P. The van der Waals surface area contributed by atoms with Gasteiger partial charge in [0.2, 0.25) is 5.44 Å². The van der Waals surface area contributed by atoms with Crippen molar-refractivity contribution in [3.05, 3.63) is 137 Å². The summed E-state index contributed by atoms with van der Waals surface area (Å²) in [7, 11) is -7.57. The first kappa shape index (κ1) is 30.6. The summed E-state index contributed by atoms with van der Waals surface area (Å²) in [5, 5.41) is 9.06. The van der Waals surface area contributed by atoms with Crippen molar-refractivity contribution < 1.29 is 33.7 Å². The van der Waals surface area contributed by atoms with Gasteiger partial charge in [0.05, 0.1) is 0 Å². The van der Waals surface area contributed by atoms with Gasteiger partial charge in [-0.3, -0.25) is 5.32 Å².